The Hall–Kier alpha value is -2.74. The first kappa shape index (κ1) is 18.6. The number of benzene rings is 1. The van der Waals surface area contributed by atoms with Gasteiger partial charge in [-0.2, -0.15) is 0 Å². The molecule has 0 fully saturated rings. The predicted octanol–water partition coefficient (Wildman–Crippen LogP) is 3.16. The molecule has 0 spiro atoms. The summed E-state index contributed by atoms with van der Waals surface area (Å²) < 4.78 is 10.8. The number of thioether (sulfide) groups is 1. The normalized spacial score (nSPS) is 11.2. The molecule has 1 aromatic heterocycles. The molecule has 132 valence electrons. The smallest absolute Gasteiger partial charge is 0.342 e. The van der Waals surface area contributed by atoms with Gasteiger partial charge in [-0.15, -0.1) is 5.10 Å². The molecule has 0 radical (unpaired) electrons. The van der Waals surface area contributed by atoms with E-state index >= 15 is 0 Å². The van der Waals surface area contributed by atoms with Crippen LogP contribution in [0, 0.1) is 0 Å². The Labute approximate surface area is 149 Å². The highest BCUT2D eigenvalue weighted by atomic mass is 32.2. The Kier molecular flexibility index (Phi) is 6.64. The Morgan fingerprint density at radius 2 is 2.24 bits per heavy atom. The van der Waals surface area contributed by atoms with E-state index in [0.29, 0.717) is 41.1 Å². The van der Waals surface area contributed by atoms with Crippen LogP contribution in [0.5, 0.6) is 11.5 Å². The van der Waals surface area contributed by atoms with Gasteiger partial charge in [0, 0.05) is 6.42 Å². The summed E-state index contributed by atoms with van der Waals surface area (Å²) in [4.78, 5) is 15.8. The number of aliphatic carboxylic acids is 1. The first-order chi connectivity index (χ1) is 12.1. The van der Waals surface area contributed by atoms with Crippen LogP contribution in [0.15, 0.2) is 40.9 Å². The second-order valence-corrected chi connectivity index (χ2v) is 5.85. The average Bonchev–Trinajstić information content (AvgIpc) is 3.07. The summed E-state index contributed by atoms with van der Waals surface area (Å²) in [5, 5.41) is 16.6. The van der Waals surface area contributed by atoms with Gasteiger partial charge in [-0.05, 0) is 35.5 Å². The quantitative estimate of drug-likeness (QED) is 0.402. The van der Waals surface area contributed by atoms with Crippen LogP contribution in [0.3, 0.4) is 0 Å². The number of nitrogens with zero attached hydrogens (tertiary/aromatic N) is 2. The van der Waals surface area contributed by atoms with E-state index in [1.165, 1.54) is 13.2 Å². The number of aryl methyl sites for hydroxylation is 1. The number of carbonyl (C=O) groups is 1. The summed E-state index contributed by atoms with van der Waals surface area (Å²) in [5.41, 5.74) is 0.666. The molecule has 25 heavy (non-hydrogen) atoms. The minimum Gasteiger partial charge on any atom is -0.493 e. The number of methoxy groups -OCH3 is 1. The summed E-state index contributed by atoms with van der Waals surface area (Å²) in [5.74, 6) is 0.721. The van der Waals surface area contributed by atoms with Gasteiger partial charge in [0.1, 0.15) is 17.3 Å². The minimum absolute atomic E-state index is 0.100. The van der Waals surface area contributed by atoms with E-state index in [1.54, 1.807) is 24.3 Å². The molecule has 0 atom stereocenters. The van der Waals surface area contributed by atoms with Crippen LogP contribution in [0.25, 0.3) is 6.08 Å². The fraction of sp³-hybridized carbons (Fsp3) is 0.235. The van der Waals surface area contributed by atoms with Crippen molar-refractivity contribution in [3.05, 3.63) is 47.1 Å². The zero-order valence-corrected chi connectivity index (χ0v) is 14.8. The van der Waals surface area contributed by atoms with Crippen molar-refractivity contribution in [1.29, 1.82) is 0 Å². The fourth-order valence-corrected chi connectivity index (χ4v) is 2.63. The zero-order valence-electron chi connectivity index (χ0n) is 14.0. The van der Waals surface area contributed by atoms with Crippen molar-refractivity contribution in [2.24, 2.45) is 0 Å². The number of ether oxygens (including phenoxy) is 2. The number of hydrogen-bond donors (Lipinski definition) is 2. The van der Waals surface area contributed by atoms with E-state index < -0.39 is 5.97 Å². The van der Waals surface area contributed by atoms with Gasteiger partial charge in [-0.3, -0.25) is 5.10 Å². The third-order valence-electron chi connectivity index (χ3n) is 3.10. The molecule has 2 N–H and O–H groups in total. The maximum atomic E-state index is 11.5. The molecular weight excluding hydrogens is 342 g/mol. The van der Waals surface area contributed by atoms with Gasteiger partial charge in [-0.25, -0.2) is 9.78 Å². The molecule has 7 nitrogen and oxygen atoms in total. The molecule has 0 saturated carbocycles. The molecule has 0 aliphatic carbocycles. The molecular formula is C17H19N3O4S. The number of nitrogens with one attached hydrogen (secondary N) is 1. The van der Waals surface area contributed by atoms with Gasteiger partial charge in [0.25, 0.3) is 0 Å². The number of aromatic nitrogens is 3. The van der Waals surface area contributed by atoms with Crippen molar-refractivity contribution in [2.75, 3.05) is 13.7 Å². The molecule has 2 aromatic rings. The maximum Gasteiger partial charge on any atom is 0.342 e. The van der Waals surface area contributed by atoms with Crippen molar-refractivity contribution in [3.8, 4) is 11.5 Å². The van der Waals surface area contributed by atoms with E-state index in [-0.39, 0.29) is 4.91 Å². The molecule has 0 unspecified atom stereocenters. The number of carboxylic acids is 1. The number of hydrogen-bond acceptors (Lipinski definition) is 6. The maximum absolute atomic E-state index is 11.5. The summed E-state index contributed by atoms with van der Waals surface area (Å²) >= 11 is 0.982. The second kappa shape index (κ2) is 8.93. The van der Waals surface area contributed by atoms with Gasteiger partial charge < -0.3 is 14.6 Å². The Bertz CT molecular complexity index is 786. The SMILES string of the molecule is C=CCOc1ccc(/C=C(\Sc2n[nH]c(CC)n2)C(=O)O)cc1OC. The topological polar surface area (TPSA) is 97.3 Å². The number of H-pyrrole nitrogens is 1. The van der Waals surface area contributed by atoms with Gasteiger partial charge in [0.2, 0.25) is 5.16 Å². The van der Waals surface area contributed by atoms with Crippen molar-refractivity contribution in [2.45, 2.75) is 18.5 Å². The first-order valence-corrected chi connectivity index (χ1v) is 8.34. The lowest BCUT2D eigenvalue weighted by atomic mass is 10.2. The Morgan fingerprint density at radius 1 is 1.44 bits per heavy atom. The van der Waals surface area contributed by atoms with Gasteiger partial charge in [0.05, 0.1) is 7.11 Å². The van der Waals surface area contributed by atoms with E-state index in [2.05, 4.69) is 21.8 Å². The standard InChI is InChI=1S/C17H19N3O4S/c1-4-8-24-12-7-6-11(9-13(12)23-3)10-14(16(21)22)25-17-18-15(5-2)19-20-17/h4,6-7,9-10H,1,5,8H2,2-3H3,(H,21,22)(H,18,19,20)/b14-10-. The molecule has 0 aliphatic rings. The molecule has 1 heterocycles. The molecule has 2 rings (SSSR count). The molecule has 0 saturated heterocycles. The van der Waals surface area contributed by atoms with E-state index in [0.717, 1.165) is 11.8 Å². The summed E-state index contributed by atoms with van der Waals surface area (Å²) in [6.07, 6.45) is 3.87. The minimum atomic E-state index is -1.06. The van der Waals surface area contributed by atoms with Crippen LogP contribution in [0.4, 0.5) is 0 Å². The van der Waals surface area contributed by atoms with Crippen LogP contribution in [0.2, 0.25) is 0 Å². The zero-order chi connectivity index (χ0) is 18.2. The fourth-order valence-electron chi connectivity index (χ4n) is 1.91. The highest BCUT2D eigenvalue weighted by Gasteiger charge is 2.14. The number of rotatable bonds is 9. The lowest BCUT2D eigenvalue weighted by Gasteiger charge is -2.10. The van der Waals surface area contributed by atoms with Crippen LogP contribution >= 0.6 is 11.8 Å². The summed E-state index contributed by atoms with van der Waals surface area (Å²) in [6.45, 7) is 5.89. The monoisotopic (exact) mass is 361 g/mol. The van der Waals surface area contributed by atoms with E-state index in [9.17, 15) is 9.90 Å². The van der Waals surface area contributed by atoms with E-state index in [1.807, 2.05) is 6.92 Å². The molecule has 0 bridgehead atoms. The Balaban J connectivity index is 2.26. The van der Waals surface area contributed by atoms with Gasteiger partial charge in [-0.1, -0.05) is 25.6 Å². The van der Waals surface area contributed by atoms with Crippen molar-refractivity contribution < 1.29 is 19.4 Å². The van der Waals surface area contributed by atoms with Crippen LogP contribution < -0.4 is 9.47 Å². The van der Waals surface area contributed by atoms with Crippen molar-refractivity contribution >= 4 is 23.8 Å². The third kappa shape index (κ3) is 5.12. The average molecular weight is 361 g/mol. The number of aromatic amines is 1. The van der Waals surface area contributed by atoms with Gasteiger partial charge in [0.15, 0.2) is 11.5 Å². The second-order valence-electron chi connectivity index (χ2n) is 4.84. The predicted molar refractivity (Wildman–Crippen MR) is 95.9 cm³/mol. The first-order valence-electron chi connectivity index (χ1n) is 7.53. The Morgan fingerprint density at radius 3 is 2.84 bits per heavy atom. The summed E-state index contributed by atoms with van der Waals surface area (Å²) in [7, 11) is 1.52. The molecule has 0 aliphatic heterocycles. The van der Waals surface area contributed by atoms with Crippen molar-refractivity contribution in [3.63, 3.8) is 0 Å². The van der Waals surface area contributed by atoms with Crippen LogP contribution in [-0.2, 0) is 11.2 Å². The van der Waals surface area contributed by atoms with Gasteiger partial charge >= 0.3 is 5.97 Å². The lowest BCUT2D eigenvalue weighted by Crippen LogP contribution is -1.98. The number of carboxylic acid groups (broad SMARTS) is 1. The van der Waals surface area contributed by atoms with E-state index in [4.69, 9.17) is 9.47 Å². The molecule has 0 amide bonds. The lowest BCUT2D eigenvalue weighted by molar-refractivity contribution is -0.131. The highest BCUT2D eigenvalue weighted by molar-refractivity contribution is 8.04. The third-order valence-corrected chi connectivity index (χ3v) is 3.98. The largest absolute Gasteiger partial charge is 0.493 e. The molecule has 1 aromatic carbocycles. The van der Waals surface area contributed by atoms with Crippen molar-refractivity contribution in [1.82, 2.24) is 15.2 Å². The van der Waals surface area contributed by atoms with Crippen LogP contribution in [-0.4, -0.2) is 40.0 Å². The van der Waals surface area contributed by atoms with Crippen LogP contribution in [0.1, 0.15) is 18.3 Å². The summed E-state index contributed by atoms with van der Waals surface area (Å²) in [6, 6.07) is 5.18. The highest BCUT2D eigenvalue weighted by Crippen LogP contribution is 2.31. The molecule has 8 heteroatoms.